The number of pyridine rings is 1. The van der Waals surface area contributed by atoms with Gasteiger partial charge in [-0.25, -0.2) is 14.5 Å². The van der Waals surface area contributed by atoms with Gasteiger partial charge in [-0.3, -0.25) is 0 Å². The molecule has 2 aliphatic heterocycles. The van der Waals surface area contributed by atoms with Crippen molar-refractivity contribution in [1.29, 1.82) is 0 Å². The molecule has 0 saturated carbocycles. The van der Waals surface area contributed by atoms with Gasteiger partial charge in [0.25, 0.3) is 0 Å². The van der Waals surface area contributed by atoms with Gasteiger partial charge in [0.1, 0.15) is 17.2 Å². The van der Waals surface area contributed by atoms with Gasteiger partial charge < -0.3 is 34.2 Å². The van der Waals surface area contributed by atoms with E-state index in [4.69, 9.17) is 24.2 Å². The molecule has 6 heterocycles. The molecule has 2 aliphatic rings. The van der Waals surface area contributed by atoms with Gasteiger partial charge in [0.15, 0.2) is 18.9 Å². The summed E-state index contributed by atoms with van der Waals surface area (Å²) in [6.45, 7) is 0.609. The van der Waals surface area contributed by atoms with E-state index in [0.717, 1.165) is 112 Å². The van der Waals surface area contributed by atoms with E-state index in [9.17, 15) is 10.0 Å². The van der Waals surface area contributed by atoms with Crippen molar-refractivity contribution in [1.82, 2.24) is 19.9 Å². The molecule has 8 aromatic rings. The zero-order chi connectivity index (χ0) is 43.7. The van der Waals surface area contributed by atoms with Crippen LogP contribution in [0.15, 0.2) is 146 Å². The normalized spacial score (nSPS) is 11.8. The number of hydrogen-bond donors (Lipinski definition) is 4. The van der Waals surface area contributed by atoms with E-state index in [1.54, 1.807) is 33.5 Å². The zero-order valence-electron chi connectivity index (χ0n) is 35.4. The van der Waals surface area contributed by atoms with Crippen LogP contribution in [-0.4, -0.2) is 58.4 Å². The summed E-state index contributed by atoms with van der Waals surface area (Å²) in [6.07, 6.45) is 12.4. The fourth-order valence-corrected chi connectivity index (χ4v) is 8.43. The van der Waals surface area contributed by atoms with Gasteiger partial charge in [0.2, 0.25) is 0 Å². The highest BCUT2D eigenvalue weighted by Crippen LogP contribution is 2.39. The van der Waals surface area contributed by atoms with Crippen LogP contribution in [0.25, 0.3) is 90.9 Å². The molecule has 0 spiro atoms. The number of benzene rings is 4. The molecule has 4 aromatic carbocycles. The highest BCUT2D eigenvalue weighted by molar-refractivity contribution is 6.58. The maximum absolute atomic E-state index is 9.59. The Labute approximate surface area is 370 Å². The molecule has 0 unspecified atom stereocenters. The van der Waals surface area contributed by atoms with E-state index in [2.05, 4.69) is 124 Å². The van der Waals surface area contributed by atoms with Crippen molar-refractivity contribution in [2.45, 2.75) is 6.54 Å². The molecule has 10 nitrogen and oxygen atoms in total. The number of hydrogen-bond acceptors (Lipinski definition) is 7. The maximum Gasteiger partial charge on any atom is 0.488 e. The van der Waals surface area contributed by atoms with Crippen LogP contribution < -0.4 is 24.2 Å². The van der Waals surface area contributed by atoms with E-state index in [-0.39, 0.29) is 0 Å². The third-order valence-electron chi connectivity index (χ3n) is 11.7. The van der Waals surface area contributed by atoms with Crippen molar-refractivity contribution < 1.29 is 28.8 Å². The summed E-state index contributed by atoms with van der Waals surface area (Å²) < 4.78 is 18.8. The first-order chi connectivity index (χ1) is 31.3. The summed E-state index contributed by atoms with van der Waals surface area (Å²) in [6, 6.07) is 44.2. The van der Waals surface area contributed by atoms with Crippen LogP contribution >= 0.6 is 0 Å². The standard InChI is InChI=1S/C53H42BN5O5/c1-62-39-14-6-34(7-15-39)50-42-20-22-44(55-42)51(35-8-16-40(63-2)17-9-35)46-24-26-48(57-46)53(37-28-30-59(31-29-37)32-33-4-12-38(13-5-33)54(60)61)49-27-25-47(58-49)52(45-23-21-43(50)56-45)36-10-18-41(64-3)19-11-36/h4-31,60-61H,32H2,1-3H3,(H,55,56,57,58)/p+1. The van der Waals surface area contributed by atoms with Crippen LogP contribution in [0.5, 0.6) is 17.2 Å². The van der Waals surface area contributed by atoms with Crippen LogP contribution in [0.1, 0.15) is 28.3 Å². The zero-order valence-corrected chi connectivity index (χ0v) is 35.4. The van der Waals surface area contributed by atoms with E-state index < -0.39 is 7.12 Å². The minimum atomic E-state index is -1.50. The fourth-order valence-electron chi connectivity index (χ4n) is 8.43. The number of rotatable bonds is 10. The lowest BCUT2D eigenvalue weighted by molar-refractivity contribution is -0.688. The SMILES string of the molecule is COc1ccc(-c2c3nc(c(-c4ccc(OC)cc4)c4ccc([nH]4)c(-c4cc[n+](Cc5ccc(B(O)O)cc5)cc4)c4ccc([nH]4)c(-c4ccc(OC)cc4)c4nc2C=C4)C=C3)cc1. The highest BCUT2D eigenvalue weighted by Gasteiger charge is 2.20. The molecule has 0 fully saturated rings. The minimum absolute atomic E-state index is 0.455. The molecule has 64 heavy (non-hydrogen) atoms. The first-order valence-corrected chi connectivity index (χ1v) is 20.9. The second kappa shape index (κ2) is 17.1. The Morgan fingerprint density at radius 1 is 0.438 bits per heavy atom. The summed E-state index contributed by atoms with van der Waals surface area (Å²) in [5.74, 6) is 2.29. The fraction of sp³-hybridized carbons (Fsp3) is 0.0755. The molecule has 8 bridgehead atoms. The molecule has 0 atom stereocenters. The van der Waals surface area contributed by atoms with Crippen LogP contribution in [0.3, 0.4) is 0 Å². The Morgan fingerprint density at radius 2 is 0.797 bits per heavy atom. The third-order valence-corrected chi connectivity index (χ3v) is 11.7. The first kappa shape index (κ1) is 40.1. The first-order valence-electron chi connectivity index (χ1n) is 20.9. The molecule has 11 heteroatoms. The molecular formula is C53H43BN5O5+. The number of aromatic nitrogens is 5. The number of ether oxygens (including phenoxy) is 3. The molecule has 4 N–H and O–H groups in total. The number of H-pyrrole nitrogens is 2. The van der Waals surface area contributed by atoms with Gasteiger partial charge in [-0.1, -0.05) is 60.7 Å². The quantitative estimate of drug-likeness (QED) is 0.0798. The van der Waals surface area contributed by atoms with E-state index in [0.29, 0.717) is 12.0 Å². The average molecular weight is 841 g/mol. The van der Waals surface area contributed by atoms with Gasteiger partial charge in [-0.05, 0) is 113 Å². The van der Waals surface area contributed by atoms with Crippen molar-refractivity contribution in [3.8, 4) is 61.8 Å². The Balaban J connectivity index is 1.26. The molecule has 312 valence electrons. The van der Waals surface area contributed by atoms with Crippen molar-refractivity contribution >= 4 is 59.0 Å². The van der Waals surface area contributed by atoms with Gasteiger partial charge >= 0.3 is 7.12 Å². The van der Waals surface area contributed by atoms with Crippen molar-refractivity contribution in [3.63, 3.8) is 0 Å². The van der Waals surface area contributed by atoms with Gasteiger partial charge in [-0.15, -0.1) is 0 Å². The monoisotopic (exact) mass is 840 g/mol. The summed E-state index contributed by atoms with van der Waals surface area (Å²) in [4.78, 5) is 18.4. The summed E-state index contributed by atoms with van der Waals surface area (Å²) in [7, 11) is 3.51. The lowest BCUT2D eigenvalue weighted by Gasteiger charge is -2.08. The van der Waals surface area contributed by atoms with Crippen molar-refractivity contribution in [2.75, 3.05) is 21.3 Å². The molecule has 0 amide bonds. The lowest BCUT2D eigenvalue weighted by atomic mass is 9.80. The Hall–Kier alpha value is -7.99. The minimum Gasteiger partial charge on any atom is -0.497 e. The summed E-state index contributed by atoms with van der Waals surface area (Å²) in [5, 5.41) is 19.2. The smallest absolute Gasteiger partial charge is 0.488 e. The van der Waals surface area contributed by atoms with Gasteiger partial charge in [-0.2, -0.15) is 0 Å². The second-order valence-electron chi connectivity index (χ2n) is 15.6. The second-order valence-corrected chi connectivity index (χ2v) is 15.6. The summed E-state index contributed by atoms with van der Waals surface area (Å²) in [5.41, 5.74) is 15.9. The largest absolute Gasteiger partial charge is 0.497 e. The number of nitrogens with one attached hydrogen (secondary N) is 2. The molecule has 10 rings (SSSR count). The maximum atomic E-state index is 9.59. The van der Waals surface area contributed by atoms with Crippen molar-refractivity contribution in [2.24, 2.45) is 0 Å². The average Bonchev–Trinajstić information content (AvgIpc) is 4.19. The van der Waals surface area contributed by atoms with E-state index in [1.807, 2.05) is 48.5 Å². The Bertz CT molecular complexity index is 3100. The topological polar surface area (TPSA) is 129 Å². The highest BCUT2D eigenvalue weighted by atomic mass is 16.5. The Morgan fingerprint density at radius 3 is 1.19 bits per heavy atom. The van der Waals surface area contributed by atoms with Crippen LogP contribution in [-0.2, 0) is 6.54 Å². The number of aromatic amines is 2. The van der Waals surface area contributed by atoms with E-state index in [1.165, 1.54) is 0 Å². The lowest BCUT2D eigenvalue weighted by Crippen LogP contribution is -2.34. The van der Waals surface area contributed by atoms with Gasteiger partial charge in [0, 0.05) is 62.0 Å². The molecule has 4 aromatic heterocycles. The predicted molar refractivity (Wildman–Crippen MR) is 256 cm³/mol. The third kappa shape index (κ3) is 7.74. The Kier molecular flexibility index (Phi) is 10.7. The van der Waals surface area contributed by atoms with Gasteiger partial charge in [0.05, 0.1) is 44.1 Å². The van der Waals surface area contributed by atoms with Crippen LogP contribution in [0.2, 0.25) is 0 Å². The summed E-state index contributed by atoms with van der Waals surface area (Å²) >= 11 is 0. The predicted octanol–water partition coefficient (Wildman–Crippen LogP) is 9.37. The molecule has 0 aliphatic carbocycles. The molecule has 0 radical (unpaired) electrons. The number of fused-ring (bicyclic) bond motifs is 8. The van der Waals surface area contributed by atoms with Crippen molar-refractivity contribution in [3.05, 3.63) is 174 Å². The molecule has 0 saturated heterocycles. The van der Waals surface area contributed by atoms with Crippen LogP contribution in [0, 0.1) is 0 Å². The van der Waals surface area contributed by atoms with Crippen LogP contribution in [0.4, 0.5) is 0 Å². The van der Waals surface area contributed by atoms with E-state index >= 15 is 0 Å². The number of methoxy groups -OCH3 is 3. The number of nitrogens with zero attached hydrogens (tertiary/aromatic N) is 3. The molecular weight excluding hydrogens is 797 g/mol.